The van der Waals surface area contributed by atoms with Crippen LogP contribution in [0, 0.1) is 5.82 Å². The zero-order valence-corrected chi connectivity index (χ0v) is 12.2. The third-order valence-corrected chi connectivity index (χ3v) is 4.56. The zero-order chi connectivity index (χ0) is 14.9. The SMILES string of the molecule is CCCCC1(c2ccc(F)cc2)CC(=O)c2ccccc21. The second-order valence-electron chi connectivity index (χ2n) is 5.84. The Labute approximate surface area is 124 Å². The average Bonchev–Trinajstić information content (AvgIpc) is 2.80. The van der Waals surface area contributed by atoms with Crippen LogP contribution < -0.4 is 0 Å². The van der Waals surface area contributed by atoms with Crippen LogP contribution in [-0.2, 0) is 5.41 Å². The number of unbranched alkanes of at least 4 members (excludes halogenated alkanes) is 1. The first-order valence-electron chi connectivity index (χ1n) is 7.56. The highest BCUT2D eigenvalue weighted by Gasteiger charge is 2.43. The van der Waals surface area contributed by atoms with Crippen molar-refractivity contribution >= 4 is 5.78 Å². The van der Waals surface area contributed by atoms with Gasteiger partial charge in [0.05, 0.1) is 0 Å². The van der Waals surface area contributed by atoms with E-state index in [-0.39, 0.29) is 17.0 Å². The Bertz CT molecular complexity index is 660. The van der Waals surface area contributed by atoms with Crippen LogP contribution >= 0.6 is 0 Å². The van der Waals surface area contributed by atoms with E-state index in [0.29, 0.717) is 6.42 Å². The number of rotatable bonds is 4. The number of fused-ring (bicyclic) bond motifs is 1. The molecule has 0 bridgehead atoms. The summed E-state index contributed by atoms with van der Waals surface area (Å²) in [5.41, 5.74) is 2.71. The molecule has 0 fully saturated rings. The van der Waals surface area contributed by atoms with E-state index in [1.165, 1.54) is 12.1 Å². The molecule has 0 radical (unpaired) electrons. The number of halogens is 1. The Morgan fingerprint density at radius 2 is 1.81 bits per heavy atom. The van der Waals surface area contributed by atoms with Crippen LogP contribution in [0.15, 0.2) is 48.5 Å². The Morgan fingerprint density at radius 1 is 1.10 bits per heavy atom. The van der Waals surface area contributed by atoms with Gasteiger partial charge in [0.15, 0.2) is 5.78 Å². The van der Waals surface area contributed by atoms with Gasteiger partial charge in [0, 0.05) is 17.4 Å². The molecule has 1 nitrogen and oxygen atoms in total. The molecular weight excluding hydrogens is 263 g/mol. The third kappa shape index (κ3) is 2.29. The maximum absolute atomic E-state index is 13.3. The summed E-state index contributed by atoms with van der Waals surface area (Å²) in [4.78, 5) is 12.4. The minimum absolute atomic E-state index is 0.200. The van der Waals surface area contributed by atoms with Crippen molar-refractivity contribution in [3.8, 4) is 0 Å². The number of hydrogen-bond donors (Lipinski definition) is 0. The lowest BCUT2D eigenvalue weighted by Crippen LogP contribution is -2.25. The van der Waals surface area contributed by atoms with Crippen molar-refractivity contribution in [2.75, 3.05) is 0 Å². The highest BCUT2D eigenvalue weighted by molar-refractivity contribution is 6.03. The normalized spacial score (nSPS) is 20.6. The van der Waals surface area contributed by atoms with Gasteiger partial charge in [0.25, 0.3) is 0 Å². The molecule has 0 saturated carbocycles. The van der Waals surface area contributed by atoms with Gasteiger partial charge in [-0.15, -0.1) is 0 Å². The summed E-state index contributed by atoms with van der Waals surface area (Å²) in [6.07, 6.45) is 3.56. The second-order valence-corrected chi connectivity index (χ2v) is 5.84. The van der Waals surface area contributed by atoms with E-state index in [1.807, 2.05) is 30.3 Å². The second kappa shape index (κ2) is 5.44. The van der Waals surface area contributed by atoms with Crippen LogP contribution in [-0.4, -0.2) is 5.78 Å². The van der Waals surface area contributed by atoms with E-state index in [9.17, 15) is 9.18 Å². The van der Waals surface area contributed by atoms with Crippen LogP contribution in [0.1, 0.15) is 54.1 Å². The van der Waals surface area contributed by atoms with Crippen molar-refractivity contribution in [2.24, 2.45) is 0 Å². The van der Waals surface area contributed by atoms with E-state index < -0.39 is 0 Å². The van der Waals surface area contributed by atoms with Crippen LogP contribution in [0.5, 0.6) is 0 Å². The Hall–Kier alpha value is -1.96. The third-order valence-electron chi connectivity index (χ3n) is 4.56. The number of hydrogen-bond acceptors (Lipinski definition) is 1. The molecule has 1 atom stereocenters. The van der Waals surface area contributed by atoms with Crippen molar-refractivity contribution in [3.05, 3.63) is 71.0 Å². The number of carbonyl (C=O) groups is 1. The molecule has 0 aromatic heterocycles. The van der Waals surface area contributed by atoms with Crippen LogP contribution in [0.3, 0.4) is 0 Å². The lowest BCUT2D eigenvalue weighted by atomic mass is 9.72. The molecule has 1 aliphatic carbocycles. The van der Waals surface area contributed by atoms with Gasteiger partial charge in [-0.05, 0) is 29.7 Å². The molecule has 2 aromatic carbocycles. The monoisotopic (exact) mass is 282 g/mol. The first kappa shape index (κ1) is 14.0. The number of benzene rings is 2. The van der Waals surface area contributed by atoms with E-state index in [2.05, 4.69) is 13.0 Å². The van der Waals surface area contributed by atoms with Crippen LogP contribution in [0.4, 0.5) is 4.39 Å². The molecule has 1 unspecified atom stereocenters. The Morgan fingerprint density at radius 3 is 2.52 bits per heavy atom. The van der Waals surface area contributed by atoms with Gasteiger partial charge >= 0.3 is 0 Å². The van der Waals surface area contributed by atoms with Crippen molar-refractivity contribution in [1.82, 2.24) is 0 Å². The molecule has 21 heavy (non-hydrogen) atoms. The maximum Gasteiger partial charge on any atom is 0.164 e. The summed E-state index contributed by atoms with van der Waals surface area (Å²) in [6, 6.07) is 14.5. The minimum Gasteiger partial charge on any atom is -0.294 e. The Kier molecular flexibility index (Phi) is 3.62. The van der Waals surface area contributed by atoms with Gasteiger partial charge in [-0.1, -0.05) is 56.2 Å². The highest BCUT2D eigenvalue weighted by Crippen LogP contribution is 2.47. The quantitative estimate of drug-likeness (QED) is 0.780. The lowest BCUT2D eigenvalue weighted by molar-refractivity contribution is 0.0977. The fourth-order valence-electron chi connectivity index (χ4n) is 3.48. The average molecular weight is 282 g/mol. The number of carbonyl (C=O) groups excluding carboxylic acids is 1. The molecule has 0 amide bonds. The fourth-order valence-corrected chi connectivity index (χ4v) is 3.48. The first-order chi connectivity index (χ1) is 10.2. The van der Waals surface area contributed by atoms with E-state index in [4.69, 9.17) is 0 Å². The number of ketones is 1. The first-order valence-corrected chi connectivity index (χ1v) is 7.56. The standard InChI is InChI=1S/C19H19FO/c1-2-3-12-19(14-8-10-15(20)11-9-14)13-18(21)16-6-4-5-7-17(16)19/h4-11H,2-3,12-13H2,1H3. The van der Waals surface area contributed by atoms with Crippen molar-refractivity contribution < 1.29 is 9.18 Å². The molecule has 0 spiro atoms. The van der Waals surface area contributed by atoms with Gasteiger partial charge in [-0.2, -0.15) is 0 Å². The molecule has 0 aliphatic heterocycles. The predicted octanol–water partition coefficient (Wildman–Crippen LogP) is 4.89. The predicted molar refractivity (Wildman–Crippen MR) is 82.1 cm³/mol. The smallest absolute Gasteiger partial charge is 0.164 e. The number of Topliss-reactive ketones (excluding diaryl/α,β-unsaturated/α-hetero) is 1. The largest absolute Gasteiger partial charge is 0.294 e. The molecule has 1 aliphatic rings. The summed E-state index contributed by atoms with van der Waals surface area (Å²) in [5.74, 6) is -0.0342. The molecule has 0 N–H and O–H groups in total. The summed E-state index contributed by atoms with van der Waals surface area (Å²) >= 11 is 0. The highest BCUT2D eigenvalue weighted by atomic mass is 19.1. The summed E-state index contributed by atoms with van der Waals surface area (Å²) in [7, 11) is 0. The van der Waals surface area contributed by atoms with E-state index in [1.54, 1.807) is 0 Å². The van der Waals surface area contributed by atoms with Gasteiger partial charge in [0.1, 0.15) is 5.82 Å². The lowest BCUT2D eigenvalue weighted by Gasteiger charge is -2.30. The van der Waals surface area contributed by atoms with Gasteiger partial charge < -0.3 is 0 Å². The molecule has 3 rings (SSSR count). The summed E-state index contributed by atoms with van der Waals surface area (Å²) in [5, 5.41) is 0. The molecule has 0 heterocycles. The van der Waals surface area contributed by atoms with E-state index >= 15 is 0 Å². The van der Waals surface area contributed by atoms with Crippen molar-refractivity contribution in [3.63, 3.8) is 0 Å². The minimum atomic E-state index is -0.280. The topological polar surface area (TPSA) is 17.1 Å². The molecule has 2 heteroatoms. The molecular formula is C19H19FO. The molecule has 2 aromatic rings. The van der Waals surface area contributed by atoms with Gasteiger partial charge in [0.2, 0.25) is 0 Å². The van der Waals surface area contributed by atoms with E-state index in [0.717, 1.165) is 36.0 Å². The van der Waals surface area contributed by atoms with Crippen LogP contribution in [0.2, 0.25) is 0 Å². The van der Waals surface area contributed by atoms with Crippen LogP contribution in [0.25, 0.3) is 0 Å². The van der Waals surface area contributed by atoms with Gasteiger partial charge in [-0.25, -0.2) is 4.39 Å². The van der Waals surface area contributed by atoms with Crippen molar-refractivity contribution in [2.45, 2.75) is 38.0 Å². The van der Waals surface area contributed by atoms with Crippen molar-refractivity contribution in [1.29, 1.82) is 0 Å². The summed E-state index contributed by atoms with van der Waals surface area (Å²) < 4.78 is 13.3. The summed E-state index contributed by atoms with van der Waals surface area (Å²) in [6.45, 7) is 2.15. The fraction of sp³-hybridized carbons (Fsp3) is 0.316. The zero-order valence-electron chi connectivity index (χ0n) is 12.2. The molecule has 0 saturated heterocycles. The maximum atomic E-state index is 13.3. The molecule has 108 valence electrons. The van der Waals surface area contributed by atoms with Gasteiger partial charge in [-0.3, -0.25) is 4.79 Å². The Balaban J connectivity index is 2.15.